The maximum Gasteiger partial charge on any atom is 0.332 e. The van der Waals surface area contributed by atoms with Crippen LogP contribution in [0.2, 0.25) is 0 Å². The lowest BCUT2D eigenvalue weighted by molar-refractivity contribution is -0.132. The molecular weight excluding hydrogens is 313 g/mol. The van der Waals surface area contributed by atoms with E-state index < -0.39 is 19.1 Å². The Bertz CT molecular complexity index is 469. The Kier molecular flexibility index (Phi) is 8.52. The molecule has 1 rings (SSSR count). The first kappa shape index (κ1) is 20.4. The van der Waals surface area contributed by atoms with Gasteiger partial charge in [-0.25, -0.2) is 4.79 Å². The number of aliphatic carboxylic acids is 1. The van der Waals surface area contributed by atoms with Gasteiger partial charge >= 0.3 is 5.97 Å². The van der Waals surface area contributed by atoms with E-state index in [9.17, 15) is 19.4 Å². The van der Waals surface area contributed by atoms with Gasteiger partial charge in [0.25, 0.3) is 0 Å². The molecule has 1 fully saturated rings. The number of carboxylic acids is 1. The van der Waals surface area contributed by atoms with Gasteiger partial charge in [-0.3, -0.25) is 4.57 Å². The third-order valence-electron chi connectivity index (χ3n) is 4.96. The minimum atomic E-state index is -3.70. The molecular formula is C17H32NO4P. The Morgan fingerprint density at radius 1 is 1.26 bits per heavy atom. The molecule has 0 radical (unpaired) electrons. The highest BCUT2D eigenvalue weighted by Gasteiger charge is 2.32. The Hall–Kier alpha value is -0.640. The van der Waals surface area contributed by atoms with Gasteiger partial charge in [0.15, 0.2) is 0 Å². The van der Waals surface area contributed by atoms with Gasteiger partial charge in [0.05, 0.1) is 11.9 Å². The van der Waals surface area contributed by atoms with E-state index in [-0.39, 0.29) is 17.7 Å². The summed E-state index contributed by atoms with van der Waals surface area (Å²) in [5.74, 6) is -1.68. The highest BCUT2D eigenvalue weighted by Crippen LogP contribution is 2.48. The molecule has 2 unspecified atom stereocenters. The first-order valence-corrected chi connectivity index (χ1v) is 10.7. The van der Waals surface area contributed by atoms with Crippen LogP contribution in [0.1, 0.15) is 71.6 Å². The van der Waals surface area contributed by atoms with Crippen molar-refractivity contribution >= 4 is 13.3 Å². The lowest BCUT2D eigenvalue weighted by Crippen LogP contribution is -2.24. The van der Waals surface area contributed by atoms with Gasteiger partial charge in [-0.15, -0.1) is 0 Å². The van der Waals surface area contributed by atoms with E-state index in [1.807, 2.05) is 6.92 Å². The molecule has 0 spiro atoms. The predicted molar refractivity (Wildman–Crippen MR) is 93.7 cm³/mol. The topological polar surface area (TPSA) is 101 Å². The zero-order valence-electron chi connectivity index (χ0n) is 14.5. The van der Waals surface area contributed by atoms with Crippen LogP contribution >= 0.6 is 7.37 Å². The van der Waals surface area contributed by atoms with Crippen molar-refractivity contribution in [1.29, 1.82) is 0 Å². The van der Waals surface area contributed by atoms with E-state index in [0.29, 0.717) is 6.42 Å². The van der Waals surface area contributed by atoms with Crippen molar-refractivity contribution in [2.45, 2.75) is 77.4 Å². The molecule has 0 heterocycles. The summed E-state index contributed by atoms with van der Waals surface area (Å²) in [5, 5.41) is 9.50. The monoisotopic (exact) mass is 345 g/mol. The minimum Gasteiger partial charge on any atom is -0.478 e. The zero-order valence-corrected chi connectivity index (χ0v) is 15.4. The number of rotatable bonds is 9. The Morgan fingerprint density at radius 3 is 2.39 bits per heavy atom. The van der Waals surface area contributed by atoms with E-state index in [0.717, 1.165) is 50.5 Å². The number of hydrogen-bond acceptors (Lipinski definition) is 3. The van der Waals surface area contributed by atoms with E-state index in [1.54, 1.807) is 0 Å². The molecule has 134 valence electrons. The van der Waals surface area contributed by atoms with E-state index in [2.05, 4.69) is 6.92 Å². The van der Waals surface area contributed by atoms with Crippen LogP contribution in [0, 0.1) is 5.92 Å². The Morgan fingerprint density at radius 2 is 1.87 bits per heavy atom. The molecule has 0 saturated heterocycles. The van der Waals surface area contributed by atoms with Gasteiger partial charge in [0.2, 0.25) is 7.37 Å². The molecule has 4 N–H and O–H groups in total. The second-order valence-corrected chi connectivity index (χ2v) is 9.27. The average Bonchev–Trinajstić information content (AvgIpc) is 2.52. The number of carboxylic acid groups (broad SMARTS) is 1. The van der Waals surface area contributed by atoms with Gasteiger partial charge in [-0.2, -0.15) is 0 Å². The quantitative estimate of drug-likeness (QED) is 0.332. The second-order valence-electron chi connectivity index (χ2n) is 6.78. The van der Waals surface area contributed by atoms with Gasteiger partial charge in [0, 0.05) is 5.57 Å². The molecule has 0 aromatic carbocycles. The lowest BCUT2D eigenvalue weighted by Gasteiger charge is -2.26. The fraction of sp³-hybridized carbons (Fsp3) is 0.824. The molecule has 0 aromatic heterocycles. The van der Waals surface area contributed by atoms with Crippen LogP contribution in [-0.2, 0) is 9.36 Å². The SMILES string of the molecule is CCCCCC(N)P(=O)(O)CC(C(=O)O)=C(C)C1CCCCC1. The first-order valence-electron chi connectivity index (χ1n) is 8.79. The van der Waals surface area contributed by atoms with E-state index >= 15 is 0 Å². The third-order valence-corrected chi connectivity index (χ3v) is 7.02. The summed E-state index contributed by atoms with van der Waals surface area (Å²) >= 11 is 0. The lowest BCUT2D eigenvalue weighted by atomic mass is 9.82. The predicted octanol–water partition coefficient (Wildman–Crippen LogP) is 4.10. The minimum absolute atomic E-state index is 0.105. The molecule has 1 aliphatic carbocycles. The van der Waals surface area contributed by atoms with Gasteiger partial charge in [0.1, 0.15) is 0 Å². The van der Waals surface area contributed by atoms with Crippen molar-refractivity contribution in [1.82, 2.24) is 0 Å². The maximum atomic E-state index is 12.5. The molecule has 5 nitrogen and oxygen atoms in total. The van der Waals surface area contributed by atoms with Gasteiger partial charge in [-0.1, -0.05) is 51.0 Å². The van der Waals surface area contributed by atoms with Crippen molar-refractivity contribution in [2.24, 2.45) is 11.7 Å². The van der Waals surface area contributed by atoms with E-state index in [1.165, 1.54) is 6.42 Å². The summed E-state index contributed by atoms with van der Waals surface area (Å²) in [6.45, 7) is 3.87. The van der Waals surface area contributed by atoms with Crippen molar-refractivity contribution < 1.29 is 19.4 Å². The van der Waals surface area contributed by atoms with Crippen LogP contribution in [0.25, 0.3) is 0 Å². The summed E-state index contributed by atoms with van der Waals surface area (Å²) in [6.07, 6.45) is 8.28. The number of allylic oxidation sites excluding steroid dienone is 1. The highest BCUT2D eigenvalue weighted by atomic mass is 31.2. The summed E-state index contributed by atoms with van der Waals surface area (Å²) in [4.78, 5) is 21.9. The van der Waals surface area contributed by atoms with Crippen LogP contribution in [0.15, 0.2) is 11.1 Å². The molecule has 1 saturated carbocycles. The Balaban J connectivity index is 2.84. The van der Waals surface area contributed by atoms with Crippen LogP contribution in [-0.4, -0.2) is 27.9 Å². The highest BCUT2D eigenvalue weighted by molar-refractivity contribution is 7.59. The maximum absolute atomic E-state index is 12.5. The zero-order chi connectivity index (χ0) is 17.5. The first-order chi connectivity index (χ1) is 10.8. The summed E-state index contributed by atoms with van der Waals surface area (Å²) in [6, 6.07) is 0. The van der Waals surface area contributed by atoms with Crippen molar-refractivity contribution in [3.8, 4) is 0 Å². The largest absolute Gasteiger partial charge is 0.478 e. The summed E-state index contributed by atoms with van der Waals surface area (Å²) < 4.78 is 12.5. The van der Waals surface area contributed by atoms with Crippen LogP contribution in [0.4, 0.5) is 0 Å². The summed E-state index contributed by atoms with van der Waals surface area (Å²) in [5.41, 5.74) is 6.77. The van der Waals surface area contributed by atoms with Gasteiger partial charge in [-0.05, 0) is 32.1 Å². The number of unbranched alkanes of at least 4 members (excludes halogenated alkanes) is 2. The molecule has 0 aliphatic heterocycles. The summed E-state index contributed by atoms with van der Waals surface area (Å²) in [7, 11) is -3.70. The van der Waals surface area contributed by atoms with Crippen molar-refractivity contribution in [2.75, 3.05) is 6.16 Å². The molecule has 1 aliphatic rings. The van der Waals surface area contributed by atoms with Crippen LogP contribution in [0.5, 0.6) is 0 Å². The number of nitrogens with two attached hydrogens (primary N) is 1. The number of hydrogen-bond donors (Lipinski definition) is 3. The standard InChI is InChI=1S/C17H32NO4P/c1-3-4-6-11-16(18)23(21,22)12-15(17(19)20)13(2)14-9-7-5-8-10-14/h14,16H,3-12,18H2,1-2H3,(H,19,20)(H,21,22). The fourth-order valence-corrected chi connectivity index (χ4v) is 4.95. The van der Waals surface area contributed by atoms with E-state index in [4.69, 9.17) is 5.73 Å². The van der Waals surface area contributed by atoms with Crippen molar-refractivity contribution in [3.05, 3.63) is 11.1 Å². The van der Waals surface area contributed by atoms with Gasteiger partial charge < -0.3 is 15.7 Å². The smallest absolute Gasteiger partial charge is 0.332 e. The fourth-order valence-electron chi connectivity index (χ4n) is 3.29. The normalized spacial score (nSPS) is 21.4. The Labute approximate surface area is 139 Å². The molecule has 23 heavy (non-hydrogen) atoms. The molecule has 0 aromatic rings. The molecule has 0 bridgehead atoms. The number of carbonyl (C=O) groups is 1. The van der Waals surface area contributed by atoms with Crippen molar-refractivity contribution in [3.63, 3.8) is 0 Å². The van der Waals surface area contributed by atoms with Crippen LogP contribution < -0.4 is 5.73 Å². The third kappa shape index (κ3) is 6.40. The second kappa shape index (κ2) is 9.61. The molecule has 2 atom stereocenters. The average molecular weight is 345 g/mol. The molecule has 6 heteroatoms. The molecule has 0 amide bonds. The van der Waals surface area contributed by atoms with Crippen LogP contribution in [0.3, 0.4) is 0 Å².